The summed E-state index contributed by atoms with van der Waals surface area (Å²) in [6, 6.07) is 10.4. The van der Waals surface area contributed by atoms with Crippen LogP contribution in [0.4, 0.5) is 4.39 Å². The molecular formula is C25H26ClFO4. The molecule has 2 aromatic carbocycles. The Bertz CT molecular complexity index is 1080. The molecule has 0 bridgehead atoms. The number of benzene rings is 2. The average molecular weight is 445 g/mol. The first-order valence-electron chi connectivity index (χ1n) is 10.3. The van der Waals surface area contributed by atoms with E-state index in [0.717, 1.165) is 24.0 Å². The highest BCUT2D eigenvalue weighted by Gasteiger charge is 2.46. The number of rotatable bonds is 4. The molecule has 1 fully saturated rings. The van der Waals surface area contributed by atoms with Crippen molar-refractivity contribution in [1.82, 2.24) is 0 Å². The number of hydrogen-bond acceptors (Lipinski definition) is 4. The fourth-order valence-corrected chi connectivity index (χ4v) is 4.44. The predicted octanol–water partition coefficient (Wildman–Crippen LogP) is 6.47. The lowest BCUT2D eigenvalue weighted by Crippen LogP contribution is -2.47. The van der Waals surface area contributed by atoms with Gasteiger partial charge in [0.25, 0.3) is 0 Å². The van der Waals surface area contributed by atoms with Gasteiger partial charge in [0.1, 0.15) is 22.8 Å². The molecule has 1 saturated carbocycles. The molecule has 0 radical (unpaired) electrons. The van der Waals surface area contributed by atoms with Crippen molar-refractivity contribution in [2.24, 2.45) is 0 Å². The first-order chi connectivity index (χ1) is 14.5. The first-order valence-corrected chi connectivity index (χ1v) is 10.7. The molecule has 0 aromatic heterocycles. The molecule has 6 heteroatoms. The van der Waals surface area contributed by atoms with Gasteiger partial charge >= 0.3 is 5.97 Å². The number of hydrogen-bond donors (Lipinski definition) is 0. The highest BCUT2D eigenvalue weighted by molar-refractivity contribution is 6.30. The zero-order chi connectivity index (χ0) is 22.6. The van der Waals surface area contributed by atoms with Gasteiger partial charge in [-0.25, -0.2) is 9.18 Å². The summed E-state index contributed by atoms with van der Waals surface area (Å²) < 4.78 is 32.0. The smallest absolute Gasteiger partial charge is 0.340 e. The Balaban J connectivity index is 1.97. The Labute approximate surface area is 187 Å². The topological polar surface area (TPSA) is 44.8 Å². The Hall–Kier alpha value is -2.37. The van der Waals surface area contributed by atoms with Crippen molar-refractivity contribution in [2.75, 3.05) is 7.11 Å². The van der Waals surface area contributed by atoms with Gasteiger partial charge in [-0.15, -0.1) is 0 Å². The molecule has 1 heterocycles. The third kappa shape index (κ3) is 4.21. The molecule has 2 aliphatic rings. The van der Waals surface area contributed by atoms with Crippen LogP contribution in [-0.4, -0.2) is 24.5 Å². The lowest BCUT2D eigenvalue weighted by Gasteiger charge is -2.43. The summed E-state index contributed by atoms with van der Waals surface area (Å²) >= 11 is 5.93. The molecule has 0 amide bonds. The minimum Gasteiger partial charge on any atom is -0.465 e. The summed E-state index contributed by atoms with van der Waals surface area (Å²) in [6.45, 7) is 7.26. The summed E-state index contributed by atoms with van der Waals surface area (Å²) in [5.41, 5.74) is 2.31. The summed E-state index contributed by atoms with van der Waals surface area (Å²) in [5, 5.41) is 0.336. The summed E-state index contributed by atoms with van der Waals surface area (Å²) in [4.78, 5) is 12.8. The summed E-state index contributed by atoms with van der Waals surface area (Å²) in [6.07, 6.45) is 2.12. The Kier molecular flexibility index (Phi) is 5.39. The second kappa shape index (κ2) is 7.64. The van der Waals surface area contributed by atoms with Crippen molar-refractivity contribution < 1.29 is 23.4 Å². The Morgan fingerprint density at radius 2 is 1.81 bits per heavy atom. The van der Waals surface area contributed by atoms with Crippen LogP contribution in [0.5, 0.6) is 0 Å². The van der Waals surface area contributed by atoms with Crippen LogP contribution in [0.25, 0.3) is 16.9 Å². The van der Waals surface area contributed by atoms with Crippen LogP contribution < -0.4 is 0 Å². The van der Waals surface area contributed by atoms with Gasteiger partial charge in [-0.05, 0) is 68.0 Å². The lowest BCUT2D eigenvalue weighted by molar-refractivity contribution is -0.236. The lowest BCUT2D eigenvalue weighted by atomic mass is 9.88. The van der Waals surface area contributed by atoms with E-state index in [1.54, 1.807) is 12.1 Å². The maximum atomic E-state index is 14.7. The van der Waals surface area contributed by atoms with Crippen LogP contribution in [0.15, 0.2) is 42.0 Å². The van der Waals surface area contributed by atoms with E-state index in [9.17, 15) is 9.18 Å². The standard InChI is InChI=1S/C25H26ClFO4/c1-24(2)21(23(28)29-5)22(30-25(3,4)31-24)19-12-15(8-10-17(19)14-6-7-14)18-11-9-16(26)13-20(18)27/h8-14H,6-7H2,1-5H3. The molecule has 4 rings (SSSR count). The van der Waals surface area contributed by atoms with E-state index < -0.39 is 23.2 Å². The molecule has 0 spiro atoms. The van der Waals surface area contributed by atoms with E-state index in [-0.39, 0.29) is 0 Å². The number of esters is 1. The molecule has 2 aromatic rings. The van der Waals surface area contributed by atoms with Crippen molar-refractivity contribution in [2.45, 2.75) is 57.8 Å². The zero-order valence-corrected chi connectivity index (χ0v) is 19.1. The van der Waals surface area contributed by atoms with Crippen LogP contribution in [0.2, 0.25) is 5.02 Å². The molecule has 1 aliphatic carbocycles. The molecule has 0 N–H and O–H groups in total. The second-order valence-corrected chi connectivity index (χ2v) is 9.45. The number of halogens is 2. The number of carbonyl (C=O) groups excluding carboxylic acids is 1. The monoisotopic (exact) mass is 444 g/mol. The minimum absolute atomic E-state index is 0.310. The second-order valence-electron chi connectivity index (χ2n) is 9.01. The predicted molar refractivity (Wildman–Crippen MR) is 118 cm³/mol. The molecule has 0 atom stereocenters. The molecular weight excluding hydrogens is 419 g/mol. The van der Waals surface area contributed by atoms with Crippen LogP contribution >= 0.6 is 11.6 Å². The molecule has 4 nitrogen and oxygen atoms in total. The summed E-state index contributed by atoms with van der Waals surface area (Å²) in [5.74, 6) is -1.08. The molecule has 31 heavy (non-hydrogen) atoms. The maximum Gasteiger partial charge on any atom is 0.340 e. The van der Waals surface area contributed by atoms with Gasteiger partial charge in [-0.2, -0.15) is 0 Å². The van der Waals surface area contributed by atoms with Crippen LogP contribution in [-0.2, 0) is 19.0 Å². The number of ether oxygens (including phenoxy) is 3. The number of carbonyl (C=O) groups is 1. The third-order valence-corrected chi connectivity index (χ3v) is 5.86. The van der Waals surface area contributed by atoms with Crippen molar-refractivity contribution in [1.29, 1.82) is 0 Å². The fourth-order valence-electron chi connectivity index (χ4n) is 4.28. The van der Waals surface area contributed by atoms with E-state index in [4.69, 9.17) is 25.8 Å². The van der Waals surface area contributed by atoms with Gasteiger partial charge in [0.15, 0.2) is 0 Å². The highest BCUT2D eigenvalue weighted by atomic mass is 35.5. The van der Waals surface area contributed by atoms with Gasteiger partial charge in [0, 0.05) is 30.0 Å². The van der Waals surface area contributed by atoms with Crippen LogP contribution in [0.3, 0.4) is 0 Å². The van der Waals surface area contributed by atoms with Crippen molar-refractivity contribution in [3.63, 3.8) is 0 Å². The van der Waals surface area contributed by atoms with Gasteiger partial charge in [-0.1, -0.05) is 23.7 Å². The van der Waals surface area contributed by atoms with E-state index in [1.165, 1.54) is 13.2 Å². The van der Waals surface area contributed by atoms with Gasteiger partial charge < -0.3 is 14.2 Å². The van der Waals surface area contributed by atoms with E-state index >= 15 is 0 Å². The number of methoxy groups -OCH3 is 1. The fraction of sp³-hybridized carbons (Fsp3) is 0.400. The first kappa shape index (κ1) is 21.8. The van der Waals surface area contributed by atoms with Gasteiger partial charge in [0.05, 0.1) is 7.11 Å². The van der Waals surface area contributed by atoms with E-state index in [1.807, 2.05) is 45.9 Å². The molecule has 164 valence electrons. The van der Waals surface area contributed by atoms with Crippen molar-refractivity contribution in [3.05, 3.63) is 63.9 Å². The Morgan fingerprint density at radius 3 is 2.42 bits per heavy atom. The summed E-state index contributed by atoms with van der Waals surface area (Å²) in [7, 11) is 1.34. The zero-order valence-electron chi connectivity index (χ0n) is 18.3. The van der Waals surface area contributed by atoms with Crippen molar-refractivity contribution in [3.8, 4) is 11.1 Å². The quantitative estimate of drug-likeness (QED) is 0.507. The Morgan fingerprint density at radius 1 is 1.10 bits per heavy atom. The maximum absolute atomic E-state index is 14.7. The average Bonchev–Trinajstić information content (AvgIpc) is 3.50. The largest absolute Gasteiger partial charge is 0.465 e. The van der Waals surface area contributed by atoms with Crippen molar-refractivity contribution >= 4 is 23.3 Å². The molecule has 0 saturated heterocycles. The molecule has 0 unspecified atom stereocenters. The van der Waals surface area contributed by atoms with E-state index in [2.05, 4.69) is 0 Å². The molecule has 1 aliphatic heterocycles. The van der Waals surface area contributed by atoms with Gasteiger partial charge in [0.2, 0.25) is 5.79 Å². The van der Waals surface area contributed by atoms with Crippen LogP contribution in [0.1, 0.15) is 57.6 Å². The SMILES string of the molecule is COC(=O)C1=C(c2cc(-c3ccc(Cl)cc3F)ccc2C2CC2)OC(C)(C)OC1(C)C. The minimum atomic E-state index is -0.960. The normalized spacial score (nSPS) is 19.7. The van der Waals surface area contributed by atoms with E-state index in [0.29, 0.717) is 33.4 Å². The van der Waals surface area contributed by atoms with Gasteiger partial charge in [-0.3, -0.25) is 0 Å². The highest BCUT2D eigenvalue weighted by Crippen LogP contribution is 2.48. The van der Waals surface area contributed by atoms with Crippen LogP contribution in [0, 0.1) is 5.82 Å². The third-order valence-electron chi connectivity index (χ3n) is 5.62.